The van der Waals surface area contributed by atoms with Gasteiger partial charge in [0.05, 0.1) is 0 Å². The van der Waals surface area contributed by atoms with Crippen molar-refractivity contribution in [2.75, 3.05) is 39.3 Å². The van der Waals surface area contributed by atoms with Gasteiger partial charge in [0.15, 0.2) is 0 Å². The molecule has 3 fully saturated rings. The van der Waals surface area contributed by atoms with E-state index in [-0.39, 0.29) is 11.5 Å². The number of nitrogens with zero attached hydrogens (tertiary/aromatic N) is 4. The van der Waals surface area contributed by atoms with Gasteiger partial charge in [-0.2, -0.15) is 0 Å². The van der Waals surface area contributed by atoms with Crippen LogP contribution in [0.1, 0.15) is 42.5 Å². The summed E-state index contributed by atoms with van der Waals surface area (Å²) in [6.45, 7) is 5.67. The number of hydrogen-bond donors (Lipinski definition) is 1. The van der Waals surface area contributed by atoms with Crippen LogP contribution in [0, 0.1) is 0 Å². The van der Waals surface area contributed by atoms with E-state index in [9.17, 15) is 14.4 Å². The molecule has 2 saturated heterocycles. The minimum Gasteiger partial charge on any atom is -0.335 e. The summed E-state index contributed by atoms with van der Waals surface area (Å²) in [4.78, 5) is 45.4. The molecule has 1 aromatic heterocycles. The first kappa shape index (κ1) is 18.4. The zero-order valence-electron chi connectivity index (χ0n) is 16.0. The Morgan fingerprint density at radius 1 is 0.963 bits per heavy atom. The van der Waals surface area contributed by atoms with Gasteiger partial charge in [-0.1, -0.05) is 19.3 Å². The zero-order chi connectivity index (χ0) is 19.0. The minimum absolute atomic E-state index is 0.0395. The van der Waals surface area contributed by atoms with E-state index in [1.54, 1.807) is 4.90 Å². The van der Waals surface area contributed by atoms with Crippen LogP contribution in [0.25, 0.3) is 0 Å². The number of amides is 1. The number of H-pyrrole nitrogens is 1. The van der Waals surface area contributed by atoms with Gasteiger partial charge in [-0.05, 0) is 12.8 Å². The highest BCUT2D eigenvalue weighted by Gasteiger charge is 2.38. The number of hydrogen-bond acceptors (Lipinski definition) is 5. The molecule has 1 N–H and O–H groups in total. The molecule has 0 radical (unpaired) electrons. The highest BCUT2D eigenvalue weighted by molar-refractivity contribution is 5.94. The predicted octanol–water partition coefficient (Wildman–Crippen LogP) is -0.152. The summed E-state index contributed by atoms with van der Waals surface area (Å²) in [5, 5.41) is 0. The summed E-state index contributed by atoms with van der Waals surface area (Å²) in [6, 6.07) is 1.16. The van der Waals surface area contributed by atoms with Gasteiger partial charge >= 0.3 is 5.69 Å². The summed E-state index contributed by atoms with van der Waals surface area (Å²) in [7, 11) is 1.38. The molecule has 2 aliphatic heterocycles. The van der Waals surface area contributed by atoms with Crippen LogP contribution in [0.4, 0.5) is 0 Å². The van der Waals surface area contributed by atoms with Gasteiger partial charge in [0, 0.05) is 64.6 Å². The van der Waals surface area contributed by atoms with E-state index >= 15 is 0 Å². The van der Waals surface area contributed by atoms with Crippen LogP contribution >= 0.6 is 0 Å². The van der Waals surface area contributed by atoms with Gasteiger partial charge < -0.3 is 9.88 Å². The fourth-order valence-electron chi connectivity index (χ4n) is 4.65. The Kier molecular flexibility index (Phi) is 5.19. The lowest BCUT2D eigenvalue weighted by Crippen LogP contribution is -2.65. The third kappa shape index (κ3) is 3.60. The van der Waals surface area contributed by atoms with Crippen molar-refractivity contribution in [1.29, 1.82) is 0 Å². The molecule has 1 amide bonds. The second-order valence-electron chi connectivity index (χ2n) is 8.10. The van der Waals surface area contributed by atoms with Crippen molar-refractivity contribution in [3.8, 4) is 0 Å². The van der Waals surface area contributed by atoms with E-state index in [4.69, 9.17) is 0 Å². The minimum atomic E-state index is -0.534. The lowest BCUT2D eigenvalue weighted by atomic mass is 9.93. The van der Waals surface area contributed by atoms with Gasteiger partial charge in [-0.3, -0.25) is 24.0 Å². The third-order valence-electron chi connectivity index (χ3n) is 6.52. The van der Waals surface area contributed by atoms with E-state index < -0.39 is 11.2 Å². The van der Waals surface area contributed by atoms with E-state index in [0.29, 0.717) is 19.1 Å². The summed E-state index contributed by atoms with van der Waals surface area (Å²) in [5.41, 5.74) is -1.00. The summed E-state index contributed by atoms with van der Waals surface area (Å²) in [6.07, 6.45) is 8.06. The predicted molar refractivity (Wildman–Crippen MR) is 102 cm³/mol. The van der Waals surface area contributed by atoms with Gasteiger partial charge in [0.25, 0.3) is 11.5 Å². The molecular weight excluding hydrogens is 346 g/mol. The first-order valence-corrected chi connectivity index (χ1v) is 10.1. The molecule has 3 heterocycles. The van der Waals surface area contributed by atoms with Crippen molar-refractivity contribution >= 4 is 5.91 Å². The molecule has 27 heavy (non-hydrogen) atoms. The van der Waals surface area contributed by atoms with Crippen LogP contribution in [0.3, 0.4) is 0 Å². The lowest BCUT2D eigenvalue weighted by Gasteiger charge is -2.49. The van der Waals surface area contributed by atoms with E-state index in [1.807, 2.05) is 0 Å². The lowest BCUT2D eigenvalue weighted by molar-refractivity contribution is -0.00275. The number of nitrogens with one attached hydrogen (secondary N) is 1. The van der Waals surface area contributed by atoms with Crippen LogP contribution in [0.15, 0.2) is 15.8 Å². The molecule has 4 rings (SSSR count). The largest absolute Gasteiger partial charge is 0.335 e. The molecule has 1 aliphatic carbocycles. The maximum atomic E-state index is 12.6. The number of carbonyl (C=O) groups is 1. The maximum Gasteiger partial charge on any atom is 0.328 e. The van der Waals surface area contributed by atoms with Crippen molar-refractivity contribution in [3.63, 3.8) is 0 Å². The quantitative estimate of drug-likeness (QED) is 0.795. The van der Waals surface area contributed by atoms with Crippen molar-refractivity contribution in [2.45, 2.75) is 44.2 Å². The Balaban J connectivity index is 1.29. The van der Waals surface area contributed by atoms with Crippen molar-refractivity contribution < 1.29 is 4.79 Å². The Labute approximate surface area is 158 Å². The number of rotatable bonds is 3. The third-order valence-corrected chi connectivity index (χ3v) is 6.52. The van der Waals surface area contributed by atoms with Crippen LogP contribution in [0.5, 0.6) is 0 Å². The summed E-state index contributed by atoms with van der Waals surface area (Å²) < 4.78 is 0.939. The number of aromatic nitrogens is 2. The molecule has 0 unspecified atom stereocenters. The molecule has 0 bridgehead atoms. The van der Waals surface area contributed by atoms with E-state index in [0.717, 1.165) is 36.8 Å². The second kappa shape index (κ2) is 7.59. The van der Waals surface area contributed by atoms with Crippen molar-refractivity contribution in [1.82, 2.24) is 24.3 Å². The Hall–Kier alpha value is -1.93. The van der Waals surface area contributed by atoms with E-state index in [2.05, 4.69) is 14.8 Å². The molecule has 148 valence electrons. The summed E-state index contributed by atoms with van der Waals surface area (Å²) in [5.74, 6) is -0.288. The average molecular weight is 375 g/mol. The SMILES string of the molecule is Cn1c(=O)[nH]cc(C(=O)N2CC(N3CCN(C4CCCCC4)CC3)C2)c1=O. The molecule has 0 aromatic carbocycles. The molecule has 8 nitrogen and oxygen atoms in total. The van der Waals surface area contributed by atoms with E-state index in [1.165, 1.54) is 45.3 Å². The number of carbonyl (C=O) groups excluding carboxylic acids is 1. The van der Waals surface area contributed by atoms with Crippen LogP contribution in [0.2, 0.25) is 0 Å². The number of likely N-dealkylation sites (tertiary alicyclic amines) is 1. The second-order valence-corrected chi connectivity index (χ2v) is 8.10. The Morgan fingerprint density at radius 3 is 2.19 bits per heavy atom. The normalized spacial score (nSPS) is 23.4. The Bertz CT molecular complexity index is 796. The monoisotopic (exact) mass is 375 g/mol. The first-order valence-electron chi connectivity index (χ1n) is 10.1. The van der Waals surface area contributed by atoms with Gasteiger partial charge in [0.1, 0.15) is 5.56 Å². The van der Waals surface area contributed by atoms with Crippen LogP contribution in [-0.4, -0.2) is 81.5 Å². The van der Waals surface area contributed by atoms with Crippen molar-refractivity contribution in [2.24, 2.45) is 7.05 Å². The zero-order valence-corrected chi connectivity index (χ0v) is 16.0. The molecule has 1 saturated carbocycles. The first-order chi connectivity index (χ1) is 13.0. The standard InChI is InChI=1S/C19H29N5O3/c1-21-17(25)16(11-20-19(21)27)18(26)24-12-15(13-24)23-9-7-22(8-10-23)14-5-3-2-4-6-14/h11,14-15H,2-10,12-13H2,1H3,(H,20,27). The molecular formula is C19H29N5O3. The topological polar surface area (TPSA) is 81.7 Å². The maximum absolute atomic E-state index is 12.6. The van der Waals surface area contributed by atoms with Crippen LogP contribution in [-0.2, 0) is 7.05 Å². The molecule has 0 atom stereocenters. The number of aromatic amines is 1. The summed E-state index contributed by atoms with van der Waals surface area (Å²) >= 11 is 0. The average Bonchev–Trinajstić information content (AvgIpc) is 2.66. The smallest absolute Gasteiger partial charge is 0.328 e. The molecule has 1 aromatic rings. The number of piperazine rings is 1. The van der Waals surface area contributed by atoms with Crippen LogP contribution < -0.4 is 11.2 Å². The highest BCUT2D eigenvalue weighted by Crippen LogP contribution is 2.25. The van der Waals surface area contributed by atoms with Crippen molar-refractivity contribution in [3.05, 3.63) is 32.6 Å². The Morgan fingerprint density at radius 2 is 1.56 bits per heavy atom. The van der Waals surface area contributed by atoms with Gasteiger partial charge in [-0.25, -0.2) is 4.79 Å². The highest BCUT2D eigenvalue weighted by atomic mass is 16.2. The fourth-order valence-corrected chi connectivity index (χ4v) is 4.65. The molecule has 8 heteroatoms. The molecule has 3 aliphatic rings. The molecule has 0 spiro atoms. The van der Waals surface area contributed by atoms with Gasteiger partial charge in [0.2, 0.25) is 0 Å². The van der Waals surface area contributed by atoms with Gasteiger partial charge in [-0.15, -0.1) is 0 Å². The fraction of sp³-hybridized carbons (Fsp3) is 0.737.